The number of thiophene rings is 1. The monoisotopic (exact) mass is 435 g/mol. The van der Waals surface area contributed by atoms with Crippen molar-refractivity contribution in [2.75, 3.05) is 11.2 Å². The lowest BCUT2D eigenvalue weighted by Crippen LogP contribution is -2.20. The predicted octanol–water partition coefficient (Wildman–Crippen LogP) is 4.81. The van der Waals surface area contributed by atoms with Crippen LogP contribution in [0.5, 0.6) is 0 Å². The summed E-state index contributed by atoms with van der Waals surface area (Å²) in [7, 11) is 0. The second kappa shape index (κ2) is 8.73. The van der Waals surface area contributed by atoms with Crippen LogP contribution in [0.1, 0.15) is 21.9 Å². The Balaban J connectivity index is 1.63. The lowest BCUT2D eigenvalue weighted by atomic mass is 10.1. The number of hydrogen-bond acceptors (Lipinski definition) is 6. The molecule has 0 aliphatic heterocycles. The van der Waals surface area contributed by atoms with E-state index in [1.807, 2.05) is 73.8 Å². The SMILES string of the molecule is Cc1cc(C)cc(NC(=O)C(Sc2nnc(-c3cccs3)n2N)c2ccccc2)c1. The summed E-state index contributed by atoms with van der Waals surface area (Å²) < 4.78 is 1.44. The number of carbonyl (C=O) groups is 1. The van der Waals surface area contributed by atoms with Crippen LogP contribution in [-0.4, -0.2) is 20.8 Å². The number of nitrogens with one attached hydrogen (secondary N) is 1. The number of anilines is 1. The molecule has 0 radical (unpaired) electrons. The molecule has 4 aromatic rings. The third kappa shape index (κ3) is 4.39. The van der Waals surface area contributed by atoms with Crippen LogP contribution in [-0.2, 0) is 4.79 Å². The van der Waals surface area contributed by atoms with Crippen molar-refractivity contribution in [3.05, 3.63) is 82.7 Å². The van der Waals surface area contributed by atoms with E-state index >= 15 is 0 Å². The summed E-state index contributed by atoms with van der Waals surface area (Å²) in [6.45, 7) is 4.02. The van der Waals surface area contributed by atoms with Gasteiger partial charge in [-0.2, -0.15) is 0 Å². The Morgan fingerprint density at radius 1 is 1.07 bits per heavy atom. The number of carbonyl (C=O) groups excluding carboxylic acids is 1. The van der Waals surface area contributed by atoms with Crippen LogP contribution < -0.4 is 11.2 Å². The number of aromatic nitrogens is 3. The zero-order valence-electron chi connectivity index (χ0n) is 16.6. The summed E-state index contributed by atoms with van der Waals surface area (Å²) in [4.78, 5) is 14.2. The van der Waals surface area contributed by atoms with Crippen molar-refractivity contribution in [1.82, 2.24) is 14.9 Å². The lowest BCUT2D eigenvalue weighted by Gasteiger charge is -2.17. The molecule has 0 spiro atoms. The van der Waals surface area contributed by atoms with Gasteiger partial charge in [-0.05, 0) is 54.1 Å². The van der Waals surface area contributed by atoms with E-state index < -0.39 is 5.25 Å². The van der Waals surface area contributed by atoms with E-state index in [-0.39, 0.29) is 5.91 Å². The van der Waals surface area contributed by atoms with E-state index in [2.05, 4.69) is 21.6 Å². The van der Waals surface area contributed by atoms with Gasteiger partial charge in [0.2, 0.25) is 11.1 Å². The number of nitrogens with zero attached hydrogens (tertiary/aromatic N) is 3. The highest BCUT2D eigenvalue weighted by Gasteiger charge is 2.26. The Morgan fingerprint density at radius 2 is 1.80 bits per heavy atom. The highest BCUT2D eigenvalue weighted by molar-refractivity contribution is 8.00. The fourth-order valence-corrected chi connectivity index (χ4v) is 4.86. The van der Waals surface area contributed by atoms with Crippen molar-refractivity contribution in [3.63, 3.8) is 0 Å². The van der Waals surface area contributed by atoms with E-state index in [4.69, 9.17) is 5.84 Å². The van der Waals surface area contributed by atoms with Gasteiger partial charge in [-0.1, -0.05) is 54.2 Å². The maximum absolute atomic E-state index is 13.3. The summed E-state index contributed by atoms with van der Waals surface area (Å²) in [5, 5.41) is 13.4. The fraction of sp³-hybridized carbons (Fsp3) is 0.136. The molecule has 8 heteroatoms. The third-order valence-corrected chi connectivity index (χ3v) is 6.54. The first-order valence-corrected chi connectivity index (χ1v) is 11.1. The molecular weight excluding hydrogens is 414 g/mol. The molecule has 6 nitrogen and oxygen atoms in total. The van der Waals surface area contributed by atoms with Gasteiger partial charge < -0.3 is 11.2 Å². The topological polar surface area (TPSA) is 85.8 Å². The van der Waals surface area contributed by atoms with Gasteiger partial charge in [0.15, 0.2) is 5.82 Å². The Bertz CT molecular complexity index is 1140. The van der Waals surface area contributed by atoms with Crippen LogP contribution in [0.3, 0.4) is 0 Å². The second-order valence-corrected chi connectivity index (χ2v) is 8.95. The molecule has 0 fully saturated rings. The zero-order chi connectivity index (χ0) is 21.1. The first kappa shape index (κ1) is 20.2. The summed E-state index contributed by atoms with van der Waals surface area (Å²) in [6, 6.07) is 19.5. The number of aryl methyl sites for hydroxylation is 2. The minimum Gasteiger partial charge on any atom is -0.335 e. The number of thioether (sulfide) groups is 1. The van der Waals surface area contributed by atoms with Crippen LogP contribution in [0.15, 0.2) is 71.2 Å². The van der Waals surface area contributed by atoms with Gasteiger partial charge in [0.1, 0.15) is 5.25 Å². The standard InChI is InChI=1S/C22H21N5OS2/c1-14-11-15(2)13-17(12-14)24-21(28)19(16-7-4-3-5-8-16)30-22-26-25-20(27(22)23)18-9-6-10-29-18/h3-13,19H,23H2,1-2H3,(H,24,28). The van der Waals surface area contributed by atoms with Crippen molar-refractivity contribution in [3.8, 4) is 10.7 Å². The Kier molecular flexibility index (Phi) is 5.87. The molecule has 1 unspecified atom stereocenters. The van der Waals surface area contributed by atoms with Gasteiger partial charge in [0, 0.05) is 5.69 Å². The maximum Gasteiger partial charge on any atom is 0.242 e. The van der Waals surface area contributed by atoms with Gasteiger partial charge >= 0.3 is 0 Å². The normalized spacial score (nSPS) is 11.9. The highest BCUT2D eigenvalue weighted by atomic mass is 32.2. The minimum absolute atomic E-state index is 0.142. The summed E-state index contributed by atoms with van der Waals surface area (Å²) in [5.41, 5.74) is 3.82. The molecule has 30 heavy (non-hydrogen) atoms. The smallest absolute Gasteiger partial charge is 0.242 e. The van der Waals surface area contributed by atoms with E-state index in [0.717, 1.165) is 27.3 Å². The molecule has 2 heterocycles. The summed E-state index contributed by atoms with van der Waals surface area (Å²) in [5.74, 6) is 6.70. The number of rotatable bonds is 6. The van der Waals surface area contributed by atoms with Crippen LogP contribution in [0, 0.1) is 13.8 Å². The first-order valence-electron chi connectivity index (χ1n) is 9.36. The average Bonchev–Trinajstić information content (AvgIpc) is 3.36. The van der Waals surface area contributed by atoms with E-state index in [1.165, 1.54) is 27.8 Å². The predicted molar refractivity (Wildman–Crippen MR) is 123 cm³/mol. The average molecular weight is 436 g/mol. The number of hydrogen-bond donors (Lipinski definition) is 2. The molecule has 0 bridgehead atoms. The molecule has 0 saturated heterocycles. The second-order valence-electron chi connectivity index (χ2n) is 6.93. The molecular formula is C22H21N5OS2. The molecule has 0 aliphatic rings. The molecule has 2 aromatic carbocycles. The maximum atomic E-state index is 13.3. The van der Waals surface area contributed by atoms with Crippen molar-refractivity contribution in [2.45, 2.75) is 24.3 Å². The van der Waals surface area contributed by atoms with E-state index in [1.54, 1.807) is 0 Å². The number of amides is 1. The Morgan fingerprint density at radius 3 is 2.47 bits per heavy atom. The van der Waals surface area contributed by atoms with E-state index in [9.17, 15) is 4.79 Å². The Hall–Kier alpha value is -3.10. The van der Waals surface area contributed by atoms with Gasteiger partial charge in [-0.25, -0.2) is 4.68 Å². The minimum atomic E-state index is -0.533. The molecule has 0 saturated carbocycles. The van der Waals surface area contributed by atoms with Crippen LogP contribution in [0.2, 0.25) is 0 Å². The van der Waals surface area contributed by atoms with Crippen LogP contribution >= 0.6 is 23.1 Å². The van der Waals surface area contributed by atoms with E-state index in [0.29, 0.717) is 11.0 Å². The van der Waals surface area contributed by atoms with Crippen molar-refractivity contribution in [2.24, 2.45) is 0 Å². The molecule has 1 atom stereocenters. The van der Waals surface area contributed by atoms with Gasteiger partial charge in [0.05, 0.1) is 4.88 Å². The van der Waals surface area contributed by atoms with Crippen LogP contribution in [0.25, 0.3) is 10.7 Å². The summed E-state index contributed by atoms with van der Waals surface area (Å²) in [6.07, 6.45) is 0. The van der Waals surface area contributed by atoms with Gasteiger partial charge in [-0.3, -0.25) is 4.79 Å². The quantitative estimate of drug-likeness (QED) is 0.335. The third-order valence-electron chi connectivity index (χ3n) is 4.46. The molecule has 2 aromatic heterocycles. The molecule has 152 valence electrons. The lowest BCUT2D eigenvalue weighted by molar-refractivity contribution is -0.115. The summed E-state index contributed by atoms with van der Waals surface area (Å²) >= 11 is 2.82. The molecule has 4 rings (SSSR count). The molecule has 1 amide bonds. The largest absolute Gasteiger partial charge is 0.335 e. The molecule has 3 N–H and O–H groups in total. The van der Waals surface area contributed by atoms with Crippen molar-refractivity contribution in [1.29, 1.82) is 0 Å². The van der Waals surface area contributed by atoms with Crippen LogP contribution in [0.4, 0.5) is 5.69 Å². The fourth-order valence-electron chi connectivity index (χ4n) is 3.19. The first-order chi connectivity index (χ1) is 14.5. The highest BCUT2D eigenvalue weighted by Crippen LogP contribution is 2.36. The van der Waals surface area contributed by atoms with Gasteiger partial charge in [-0.15, -0.1) is 21.5 Å². The number of nitrogens with two attached hydrogens (primary N) is 1. The zero-order valence-corrected chi connectivity index (χ0v) is 18.2. The molecule has 0 aliphatic carbocycles. The van der Waals surface area contributed by atoms with Gasteiger partial charge in [0.25, 0.3) is 0 Å². The van der Waals surface area contributed by atoms with Crippen molar-refractivity contribution >= 4 is 34.7 Å². The number of nitrogen functional groups attached to an aromatic ring is 1. The van der Waals surface area contributed by atoms with Crippen molar-refractivity contribution < 1.29 is 4.79 Å². The number of benzene rings is 2. The Labute approximate surface area is 183 Å².